The van der Waals surface area contributed by atoms with Crippen LogP contribution in [-0.4, -0.2) is 18.0 Å². The van der Waals surface area contributed by atoms with E-state index in [1.165, 1.54) is 57.2 Å². The van der Waals surface area contributed by atoms with Crippen molar-refractivity contribution in [1.82, 2.24) is 4.90 Å². The number of nitrogens with zero attached hydrogens (tertiary/aromatic N) is 1. The summed E-state index contributed by atoms with van der Waals surface area (Å²) < 4.78 is 0. The van der Waals surface area contributed by atoms with Crippen LogP contribution in [0.5, 0.6) is 0 Å². The van der Waals surface area contributed by atoms with E-state index in [9.17, 15) is 0 Å². The number of hydrogen-bond acceptors (Lipinski definition) is 2. The summed E-state index contributed by atoms with van der Waals surface area (Å²) in [4.78, 5) is 2.54. The fourth-order valence-electron chi connectivity index (χ4n) is 2.44. The fraction of sp³-hybridized carbons (Fsp3) is 0.647. The molecule has 1 aromatic carbocycles. The molecule has 1 aromatic rings. The maximum absolute atomic E-state index is 6.03. The van der Waals surface area contributed by atoms with Gasteiger partial charge in [0.15, 0.2) is 0 Å². The molecule has 0 atom stereocenters. The maximum atomic E-state index is 6.03. The lowest BCUT2D eigenvalue weighted by Crippen LogP contribution is -2.25. The highest BCUT2D eigenvalue weighted by atomic mass is 15.1. The molecule has 0 saturated carbocycles. The summed E-state index contributed by atoms with van der Waals surface area (Å²) in [6.45, 7) is 7.88. The van der Waals surface area contributed by atoms with Gasteiger partial charge in [-0.1, -0.05) is 57.7 Å². The Bertz CT molecular complexity index is 336. The van der Waals surface area contributed by atoms with Crippen LogP contribution in [0.25, 0.3) is 0 Å². The Kier molecular flexibility index (Phi) is 8.31. The second kappa shape index (κ2) is 9.85. The van der Waals surface area contributed by atoms with Crippen LogP contribution in [0.1, 0.15) is 57.9 Å². The monoisotopic (exact) mass is 262 g/mol. The number of anilines is 1. The highest BCUT2D eigenvalue weighted by Gasteiger charge is 2.06. The summed E-state index contributed by atoms with van der Waals surface area (Å²) in [5.41, 5.74) is 8.23. The van der Waals surface area contributed by atoms with Crippen molar-refractivity contribution in [3.05, 3.63) is 29.8 Å². The standard InChI is InChI=1S/C17H30N2/c1-3-5-6-7-10-14-19(13-4-2)15-16-11-8-9-12-17(16)18/h8-9,11-12H,3-7,10,13-15,18H2,1-2H3. The maximum Gasteiger partial charge on any atom is 0.0359 e. The van der Waals surface area contributed by atoms with Gasteiger partial charge in [0.2, 0.25) is 0 Å². The minimum absolute atomic E-state index is 0.926. The summed E-state index contributed by atoms with van der Waals surface area (Å²) >= 11 is 0. The minimum Gasteiger partial charge on any atom is -0.398 e. The Morgan fingerprint density at radius 2 is 1.63 bits per heavy atom. The van der Waals surface area contributed by atoms with Gasteiger partial charge in [0.1, 0.15) is 0 Å². The Morgan fingerprint density at radius 1 is 0.895 bits per heavy atom. The van der Waals surface area contributed by atoms with Gasteiger partial charge in [-0.3, -0.25) is 4.90 Å². The topological polar surface area (TPSA) is 29.3 Å². The van der Waals surface area contributed by atoms with E-state index >= 15 is 0 Å². The zero-order chi connectivity index (χ0) is 13.9. The molecule has 0 fully saturated rings. The van der Waals surface area contributed by atoms with Crippen LogP contribution < -0.4 is 5.73 Å². The third-order valence-electron chi connectivity index (χ3n) is 3.57. The highest BCUT2D eigenvalue weighted by Crippen LogP contribution is 2.14. The quantitative estimate of drug-likeness (QED) is 0.498. The van der Waals surface area contributed by atoms with E-state index in [1.54, 1.807) is 0 Å². The zero-order valence-electron chi connectivity index (χ0n) is 12.7. The van der Waals surface area contributed by atoms with Gasteiger partial charge in [0.25, 0.3) is 0 Å². The second-order valence-corrected chi connectivity index (χ2v) is 5.39. The van der Waals surface area contributed by atoms with Crippen LogP contribution in [-0.2, 0) is 6.54 Å². The van der Waals surface area contributed by atoms with E-state index in [0.717, 1.165) is 12.2 Å². The second-order valence-electron chi connectivity index (χ2n) is 5.39. The van der Waals surface area contributed by atoms with Gasteiger partial charge in [-0.25, -0.2) is 0 Å². The molecule has 0 aromatic heterocycles. The summed E-state index contributed by atoms with van der Waals surface area (Å²) in [6.07, 6.45) is 7.95. The summed E-state index contributed by atoms with van der Waals surface area (Å²) in [7, 11) is 0. The summed E-state index contributed by atoms with van der Waals surface area (Å²) in [5, 5.41) is 0. The van der Waals surface area contributed by atoms with Crippen molar-refractivity contribution in [1.29, 1.82) is 0 Å². The molecule has 0 saturated heterocycles. The van der Waals surface area contributed by atoms with Crippen molar-refractivity contribution >= 4 is 5.69 Å². The van der Waals surface area contributed by atoms with Crippen molar-refractivity contribution in [2.45, 2.75) is 58.9 Å². The van der Waals surface area contributed by atoms with Gasteiger partial charge in [-0.2, -0.15) is 0 Å². The fourth-order valence-corrected chi connectivity index (χ4v) is 2.44. The minimum atomic E-state index is 0.926. The smallest absolute Gasteiger partial charge is 0.0359 e. The molecular weight excluding hydrogens is 232 g/mol. The SMILES string of the molecule is CCCCCCCN(CCC)Cc1ccccc1N. The van der Waals surface area contributed by atoms with E-state index in [4.69, 9.17) is 5.73 Å². The third kappa shape index (κ3) is 6.63. The number of hydrogen-bond donors (Lipinski definition) is 1. The van der Waals surface area contributed by atoms with Gasteiger partial charge in [-0.15, -0.1) is 0 Å². The Balaban J connectivity index is 2.37. The largest absolute Gasteiger partial charge is 0.398 e. The molecule has 0 bridgehead atoms. The average molecular weight is 262 g/mol. The van der Waals surface area contributed by atoms with Crippen molar-refractivity contribution in [2.75, 3.05) is 18.8 Å². The zero-order valence-corrected chi connectivity index (χ0v) is 12.7. The van der Waals surface area contributed by atoms with Gasteiger partial charge >= 0.3 is 0 Å². The first-order valence-corrected chi connectivity index (χ1v) is 7.83. The van der Waals surface area contributed by atoms with Crippen LogP contribution in [0.3, 0.4) is 0 Å². The molecule has 2 N–H and O–H groups in total. The molecule has 0 unspecified atom stereocenters. The first kappa shape index (κ1) is 16.0. The van der Waals surface area contributed by atoms with Crippen LogP contribution in [0.4, 0.5) is 5.69 Å². The number of nitrogen functional groups attached to an aromatic ring is 1. The lowest BCUT2D eigenvalue weighted by atomic mass is 10.1. The molecule has 0 heterocycles. The van der Waals surface area contributed by atoms with Gasteiger partial charge in [-0.05, 0) is 37.6 Å². The Labute approximate surface area is 119 Å². The highest BCUT2D eigenvalue weighted by molar-refractivity contribution is 5.46. The molecular formula is C17H30N2. The van der Waals surface area contributed by atoms with E-state index in [-0.39, 0.29) is 0 Å². The molecule has 2 heteroatoms. The molecule has 2 nitrogen and oxygen atoms in total. The van der Waals surface area contributed by atoms with Crippen LogP contribution in [0.15, 0.2) is 24.3 Å². The van der Waals surface area contributed by atoms with E-state index in [2.05, 4.69) is 30.9 Å². The molecule has 0 aliphatic carbocycles. The number of para-hydroxylation sites is 1. The number of rotatable bonds is 10. The predicted octanol–water partition coefficient (Wildman–Crippen LogP) is 4.45. The summed E-state index contributed by atoms with van der Waals surface area (Å²) in [5.74, 6) is 0. The Morgan fingerprint density at radius 3 is 2.32 bits per heavy atom. The first-order valence-electron chi connectivity index (χ1n) is 7.83. The van der Waals surface area contributed by atoms with Crippen molar-refractivity contribution < 1.29 is 0 Å². The lowest BCUT2D eigenvalue weighted by Gasteiger charge is -2.22. The third-order valence-corrected chi connectivity index (χ3v) is 3.57. The normalized spacial score (nSPS) is 11.1. The Hall–Kier alpha value is -1.02. The van der Waals surface area contributed by atoms with E-state index in [1.807, 2.05) is 12.1 Å². The predicted molar refractivity (Wildman–Crippen MR) is 85.2 cm³/mol. The molecule has 1 rings (SSSR count). The van der Waals surface area contributed by atoms with Crippen LogP contribution in [0, 0.1) is 0 Å². The number of benzene rings is 1. The van der Waals surface area contributed by atoms with Crippen molar-refractivity contribution in [3.8, 4) is 0 Å². The van der Waals surface area contributed by atoms with Crippen molar-refractivity contribution in [3.63, 3.8) is 0 Å². The molecule has 0 radical (unpaired) electrons. The van der Waals surface area contributed by atoms with Gasteiger partial charge in [0, 0.05) is 12.2 Å². The van der Waals surface area contributed by atoms with Crippen molar-refractivity contribution in [2.24, 2.45) is 0 Å². The molecule has 0 spiro atoms. The molecule has 0 amide bonds. The molecule has 19 heavy (non-hydrogen) atoms. The molecule has 0 aliphatic heterocycles. The average Bonchev–Trinajstić information content (AvgIpc) is 2.41. The lowest BCUT2D eigenvalue weighted by molar-refractivity contribution is 0.259. The number of nitrogens with two attached hydrogens (primary N) is 1. The van der Waals surface area contributed by atoms with Gasteiger partial charge < -0.3 is 5.73 Å². The molecule has 108 valence electrons. The van der Waals surface area contributed by atoms with E-state index < -0.39 is 0 Å². The molecule has 0 aliphatic rings. The van der Waals surface area contributed by atoms with E-state index in [0.29, 0.717) is 0 Å². The van der Waals surface area contributed by atoms with Crippen LogP contribution >= 0.6 is 0 Å². The first-order chi connectivity index (χ1) is 9.27. The summed E-state index contributed by atoms with van der Waals surface area (Å²) in [6, 6.07) is 8.24. The number of unbranched alkanes of at least 4 members (excludes halogenated alkanes) is 4. The van der Waals surface area contributed by atoms with Crippen LogP contribution in [0.2, 0.25) is 0 Å². The van der Waals surface area contributed by atoms with Gasteiger partial charge in [0.05, 0.1) is 0 Å².